The Bertz CT molecular complexity index is 1070. The smallest absolute Gasteiger partial charge is 0.459 e. The van der Waals surface area contributed by atoms with E-state index in [1.54, 1.807) is 36.4 Å². The molecule has 0 atom stereocenters. The van der Waals surface area contributed by atoms with Gasteiger partial charge in [0.15, 0.2) is 0 Å². The molecule has 0 saturated carbocycles. The van der Waals surface area contributed by atoms with Crippen molar-refractivity contribution < 1.29 is 36.2 Å². The maximum atomic E-state index is 14.0. The molecule has 0 aliphatic rings. The zero-order valence-corrected chi connectivity index (χ0v) is 17.1. The Morgan fingerprint density at radius 3 is 2.16 bits per heavy atom. The van der Waals surface area contributed by atoms with Crippen LogP contribution in [-0.4, -0.2) is 35.6 Å². The van der Waals surface area contributed by atoms with Crippen LogP contribution in [0.3, 0.4) is 0 Å². The Kier molecular flexibility index (Phi) is 6.52. The first-order chi connectivity index (χ1) is 15.0. The third-order valence-corrected chi connectivity index (χ3v) is 4.65. The summed E-state index contributed by atoms with van der Waals surface area (Å²) < 4.78 is 77.8. The fourth-order valence-corrected chi connectivity index (χ4v) is 2.96. The first kappa shape index (κ1) is 23.2. The quantitative estimate of drug-likeness (QED) is 0.359. The molecule has 0 N–H and O–H groups in total. The molecule has 3 rings (SSSR count). The minimum absolute atomic E-state index is 0.0561. The van der Waals surface area contributed by atoms with E-state index in [-0.39, 0.29) is 18.0 Å². The van der Waals surface area contributed by atoms with Crippen LogP contribution in [0.4, 0.5) is 22.0 Å². The number of methoxy groups -OCH3 is 1. The molecule has 5 nitrogen and oxygen atoms in total. The number of hydrogen-bond donors (Lipinski definition) is 0. The third kappa shape index (κ3) is 4.90. The zero-order chi connectivity index (χ0) is 23.5. The summed E-state index contributed by atoms with van der Waals surface area (Å²) in [6, 6.07) is 13.3. The molecule has 1 heterocycles. The number of halogens is 5. The van der Waals surface area contributed by atoms with E-state index in [2.05, 4.69) is 5.10 Å². The van der Waals surface area contributed by atoms with Gasteiger partial charge >= 0.3 is 18.1 Å². The lowest BCUT2D eigenvalue weighted by Crippen LogP contribution is -2.34. The van der Waals surface area contributed by atoms with Gasteiger partial charge in [0.2, 0.25) is 0 Å². The van der Waals surface area contributed by atoms with Crippen molar-refractivity contribution in [3.63, 3.8) is 0 Å². The number of carbonyl (C=O) groups is 1. The zero-order valence-electron chi connectivity index (χ0n) is 17.1. The summed E-state index contributed by atoms with van der Waals surface area (Å²) in [6.07, 6.45) is -5.36. The van der Waals surface area contributed by atoms with E-state index in [9.17, 15) is 26.7 Å². The number of carbonyl (C=O) groups excluding carboxylic acids is 1. The molecule has 0 fully saturated rings. The molecule has 10 heteroatoms. The van der Waals surface area contributed by atoms with Crippen LogP contribution in [0.2, 0.25) is 0 Å². The number of aromatic nitrogens is 2. The van der Waals surface area contributed by atoms with E-state index >= 15 is 0 Å². The SMILES string of the molecule is COc1ccc(-n2nc(C(F)(F)C(F)(F)F)cc2-c2ccc(CCOC(C)=O)cc2)cc1. The minimum atomic E-state index is -5.79. The van der Waals surface area contributed by atoms with Crippen LogP contribution in [0.5, 0.6) is 5.75 Å². The van der Waals surface area contributed by atoms with E-state index in [1.807, 2.05) is 0 Å². The van der Waals surface area contributed by atoms with Gasteiger partial charge in [0.1, 0.15) is 11.4 Å². The molecule has 0 aliphatic carbocycles. The molecule has 0 bridgehead atoms. The predicted molar refractivity (Wildman–Crippen MR) is 106 cm³/mol. The number of esters is 1. The largest absolute Gasteiger partial charge is 0.497 e. The molecule has 3 aromatic rings. The third-order valence-electron chi connectivity index (χ3n) is 4.65. The fraction of sp³-hybridized carbons (Fsp3) is 0.273. The van der Waals surface area contributed by atoms with Gasteiger partial charge < -0.3 is 9.47 Å². The topological polar surface area (TPSA) is 53.4 Å². The van der Waals surface area contributed by atoms with Crippen LogP contribution in [0.25, 0.3) is 16.9 Å². The van der Waals surface area contributed by atoms with Gasteiger partial charge in [-0.2, -0.15) is 27.1 Å². The summed E-state index contributed by atoms with van der Waals surface area (Å²) in [5.74, 6) is -5.05. The van der Waals surface area contributed by atoms with E-state index < -0.39 is 23.8 Å². The number of ether oxygens (including phenoxy) is 2. The van der Waals surface area contributed by atoms with Gasteiger partial charge in [-0.25, -0.2) is 4.68 Å². The average molecular weight is 454 g/mol. The first-order valence-electron chi connectivity index (χ1n) is 9.45. The maximum absolute atomic E-state index is 14.0. The van der Waals surface area contributed by atoms with Crippen molar-refractivity contribution >= 4 is 5.97 Å². The number of rotatable bonds is 7. The Labute approximate surface area is 180 Å². The first-order valence-corrected chi connectivity index (χ1v) is 9.45. The Morgan fingerprint density at radius 1 is 1.00 bits per heavy atom. The molecule has 1 aromatic heterocycles. The highest BCUT2D eigenvalue weighted by molar-refractivity contribution is 5.66. The van der Waals surface area contributed by atoms with Crippen molar-refractivity contribution in [2.75, 3.05) is 13.7 Å². The van der Waals surface area contributed by atoms with Crippen LogP contribution in [0.15, 0.2) is 54.6 Å². The summed E-state index contributed by atoms with van der Waals surface area (Å²) in [5, 5.41) is 3.59. The van der Waals surface area contributed by atoms with Crippen LogP contribution in [0, 0.1) is 0 Å². The molecule has 0 amide bonds. The van der Waals surface area contributed by atoms with Gasteiger partial charge in [-0.1, -0.05) is 24.3 Å². The van der Waals surface area contributed by atoms with E-state index in [0.717, 1.165) is 16.3 Å². The monoisotopic (exact) mass is 454 g/mol. The van der Waals surface area contributed by atoms with Crippen molar-refractivity contribution in [3.8, 4) is 22.7 Å². The maximum Gasteiger partial charge on any atom is 0.459 e. The second kappa shape index (κ2) is 8.97. The van der Waals surface area contributed by atoms with E-state index in [0.29, 0.717) is 17.7 Å². The Hall–Kier alpha value is -3.43. The molecule has 2 aromatic carbocycles. The molecule has 32 heavy (non-hydrogen) atoms. The summed E-state index contributed by atoms with van der Waals surface area (Å²) in [5.41, 5.74) is 0.111. The molecule has 0 aliphatic heterocycles. The fourth-order valence-electron chi connectivity index (χ4n) is 2.96. The lowest BCUT2D eigenvalue weighted by Gasteiger charge is -2.16. The molecule has 0 saturated heterocycles. The summed E-state index contributed by atoms with van der Waals surface area (Å²) >= 11 is 0. The molecule has 0 spiro atoms. The van der Waals surface area contributed by atoms with Gasteiger partial charge in [0, 0.05) is 18.9 Å². The van der Waals surface area contributed by atoms with Crippen molar-refractivity contribution in [2.24, 2.45) is 0 Å². The Balaban J connectivity index is 2.02. The van der Waals surface area contributed by atoms with Gasteiger partial charge in [-0.05, 0) is 35.9 Å². The van der Waals surface area contributed by atoms with Crippen LogP contribution in [0.1, 0.15) is 18.2 Å². The number of nitrogens with zero attached hydrogens (tertiary/aromatic N) is 2. The predicted octanol–water partition coefficient (Wildman–Crippen LogP) is 5.31. The Morgan fingerprint density at radius 2 is 1.62 bits per heavy atom. The highest BCUT2D eigenvalue weighted by Gasteiger charge is 2.60. The average Bonchev–Trinajstić information content (AvgIpc) is 3.19. The number of hydrogen-bond acceptors (Lipinski definition) is 4. The molecule has 0 radical (unpaired) electrons. The molecular formula is C22H19F5N2O3. The van der Waals surface area contributed by atoms with Crippen molar-refractivity contribution in [2.45, 2.75) is 25.4 Å². The second-order valence-electron chi connectivity index (χ2n) is 6.88. The highest BCUT2D eigenvalue weighted by atomic mass is 19.4. The van der Waals surface area contributed by atoms with Crippen LogP contribution >= 0.6 is 0 Å². The summed E-state index contributed by atoms with van der Waals surface area (Å²) in [6.45, 7) is 1.46. The highest BCUT2D eigenvalue weighted by Crippen LogP contribution is 2.44. The van der Waals surface area contributed by atoms with Gasteiger partial charge in [-0.15, -0.1) is 0 Å². The normalized spacial score (nSPS) is 12.0. The van der Waals surface area contributed by atoms with Crippen molar-refractivity contribution in [3.05, 3.63) is 65.9 Å². The van der Waals surface area contributed by atoms with E-state index in [4.69, 9.17) is 9.47 Å². The lowest BCUT2D eigenvalue weighted by molar-refractivity contribution is -0.291. The van der Waals surface area contributed by atoms with Crippen LogP contribution < -0.4 is 4.74 Å². The van der Waals surface area contributed by atoms with Crippen molar-refractivity contribution in [1.82, 2.24) is 9.78 Å². The standard InChI is InChI=1S/C22H19F5N2O3/c1-14(30)32-12-11-15-3-5-16(6-4-15)19-13-20(21(23,24)22(25,26)27)28-29(19)17-7-9-18(31-2)10-8-17/h3-10,13H,11-12H2,1-2H3. The van der Waals surface area contributed by atoms with Gasteiger partial charge in [-0.3, -0.25) is 4.79 Å². The van der Waals surface area contributed by atoms with Crippen LogP contribution in [-0.2, 0) is 21.9 Å². The van der Waals surface area contributed by atoms with Crippen molar-refractivity contribution in [1.29, 1.82) is 0 Å². The number of alkyl halides is 5. The molecule has 0 unspecified atom stereocenters. The lowest BCUT2D eigenvalue weighted by atomic mass is 10.1. The molecular weight excluding hydrogens is 435 g/mol. The van der Waals surface area contributed by atoms with Gasteiger partial charge in [0.25, 0.3) is 0 Å². The molecule has 170 valence electrons. The summed E-state index contributed by atoms with van der Waals surface area (Å²) in [7, 11) is 1.44. The van der Waals surface area contributed by atoms with E-state index in [1.165, 1.54) is 26.2 Å². The number of benzene rings is 2. The van der Waals surface area contributed by atoms with Gasteiger partial charge in [0.05, 0.1) is 25.1 Å². The summed E-state index contributed by atoms with van der Waals surface area (Å²) in [4.78, 5) is 10.9. The minimum Gasteiger partial charge on any atom is -0.497 e. The second-order valence-corrected chi connectivity index (χ2v) is 6.88.